The highest BCUT2D eigenvalue weighted by Gasteiger charge is 2.05. The number of ether oxygens (including phenoxy) is 1. The van der Waals surface area contributed by atoms with Crippen molar-refractivity contribution in [3.05, 3.63) is 29.8 Å². The lowest BCUT2D eigenvalue weighted by Gasteiger charge is -2.12. The number of carbonyl (C=O) groups excluding carboxylic acids is 2. The number of carbonyl (C=O) groups is 2. The van der Waals surface area contributed by atoms with Crippen LogP contribution < -0.4 is 10.1 Å². The number of esters is 1. The molecular weight excluding hydrogens is 218 g/mol. The van der Waals surface area contributed by atoms with Gasteiger partial charge in [-0.05, 0) is 31.0 Å². The fourth-order valence-electron chi connectivity index (χ4n) is 1.61. The summed E-state index contributed by atoms with van der Waals surface area (Å²) in [7, 11) is 0. The van der Waals surface area contributed by atoms with Gasteiger partial charge in [0.2, 0.25) is 5.91 Å². The topological polar surface area (TPSA) is 55.4 Å². The lowest BCUT2D eigenvalue weighted by molar-refractivity contribution is -0.131. The minimum Gasteiger partial charge on any atom is -0.427 e. The van der Waals surface area contributed by atoms with Gasteiger partial charge in [-0.25, -0.2) is 0 Å². The fourth-order valence-corrected chi connectivity index (χ4v) is 1.61. The minimum absolute atomic E-state index is 0.0333. The maximum atomic E-state index is 10.9. The molecule has 0 unspecified atom stereocenters. The molecule has 0 bridgehead atoms. The zero-order valence-corrected chi connectivity index (χ0v) is 10.3. The second-order valence-electron chi connectivity index (χ2n) is 4.04. The normalized spacial score (nSPS) is 11.7. The van der Waals surface area contributed by atoms with Crippen molar-refractivity contribution in [2.45, 2.75) is 33.2 Å². The van der Waals surface area contributed by atoms with E-state index in [0.717, 1.165) is 12.0 Å². The first-order valence-electron chi connectivity index (χ1n) is 5.52. The zero-order valence-electron chi connectivity index (χ0n) is 10.3. The van der Waals surface area contributed by atoms with Crippen LogP contribution in [-0.2, 0) is 16.0 Å². The Kier molecular flexibility index (Phi) is 4.69. The number of nitrogens with one attached hydrogen (secondary N) is 1. The molecule has 0 aliphatic heterocycles. The van der Waals surface area contributed by atoms with Crippen molar-refractivity contribution in [2.75, 3.05) is 0 Å². The highest BCUT2D eigenvalue weighted by molar-refractivity contribution is 5.73. The van der Waals surface area contributed by atoms with E-state index in [9.17, 15) is 9.59 Å². The summed E-state index contributed by atoms with van der Waals surface area (Å²) in [6.45, 7) is 4.81. The molecule has 0 heterocycles. The van der Waals surface area contributed by atoms with Crippen LogP contribution in [0.1, 0.15) is 26.3 Å². The van der Waals surface area contributed by atoms with Crippen LogP contribution in [-0.4, -0.2) is 17.9 Å². The molecule has 1 amide bonds. The maximum Gasteiger partial charge on any atom is 0.308 e. The van der Waals surface area contributed by atoms with Crippen molar-refractivity contribution in [1.82, 2.24) is 5.32 Å². The van der Waals surface area contributed by atoms with Crippen molar-refractivity contribution in [3.63, 3.8) is 0 Å². The largest absolute Gasteiger partial charge is 0.427 e. The van der Waals surface area contributed by atoms with Gasteiger partial charge in [-0.15, -0.1) is 0 Å². The van der Waals surface area contributed by atoms with Crippen LogP contribution in [0.2, 0.25) is 0 Å². The lowest BCUT2D eigenvalue weighted by atomic mass is 10.1. The van der Waals surface area contributed by atoms with E-state index in [0.29, 0.717) is 5.75 Å². The molecule has 0 aliphatic rings. The molecule has 1 rings (SSSR count). The van der Waals surface area contributed by atoms with Gasteiger partial charge in [0.05, 0.1) is 0 Å². The van der Waals surface area contributed by atoms with Gasteiger partial charge in [0.15, 0.2) is 0 Å². The average molecular weight is 235 g/mol. The Morgan fingerprint density at radius 3 is 2.29 bits per heavy atom. The summed E-state index contributed by atoms with van der Waals surface area (Å²) in [5.41, 5.74) is 1.09. The van der Waals surface area contributed by atoms with Gasteiger partial charge < -0.3 is 10.1 Å². The molecule has 0 saturated heterocycles. The summed E-state index contributed by atoms with van der Waals surface area (Å²) in [4.78, 5) is 21.6. The van der Waals surface area contributed by atoms with Gasteiger partial charge in [0.25, 0.3) is 0 Å². The van der Waals surface area contributed by atoms with Crippen LogP contribution in [0.4, 0.5) is 0 Å². The Morgan fingerprint density at radius 1 is 1.24 bits per heavy atom. The predicted molar refractivity (Wildman–Crippen MR) is 64.7 cm³/mol. The minimum atomic E-state index is -0.329. The molecule has 4 heteroatoms. The predicted octanol–water partition coefficient (Wildman–Crippen LogP) is 1.68. The summed E-state index contributed by atoms with van der Waals surface area (Å²) in [5.74, 6) is 0.173. The summed E-state index contributed by atoms with van der Waals surface area (Å²) >= 11 is 0. The van der Waals surface area contributed by atoms with E-state index in [2.05, 4.69) is 5.32 Å². The molecule has 1 atom stereocenters. The molecular formula is C13H17NO3. The van der Waals surface area contributed by atoms with Gasteiger partial charge in [-0.2, -0.15) is 0 Å². The second-order valence-corrected chi connectivity index (χ2v) is 4.04. The van der Waals surface area contributed by atoms with Crippen LogP contribution >= 0.6 is 0 Å². The monoisotopic (exact) mass is 235 g/mol. The van der Waals surface area contributed by atoms with Gasteiger partial charge in [0.1, 0.15) is 5.75 Å². The molecule has 0 radical (unpaired) electrons. The third-order valence-corrected chi connectivity index (χ3v) is 2.18. The summed E-state index contributed by atoms with van der Waals surface area (Å²) in [5, 5.41) is 2.81. The first-order valence-corrected chi connectivity index (χ1v) is 5.52. The molecule has 17 heavy (non-hydrogen) atoms. The Morgan fingerprint density at radius 2 is 1.82 bits per heavy atom. The molecule has 1 aromatic rings. The first-order chi connectivity index (χ1) is 7.97. The molecule has 0 aromatic heterocycles. The van der Waals surface area contributed by atoms with Gasteiger partial charge in [-0.3, -0.25) is 9.59 Å². The number of rotatable bonds is 4. The smallest absolute Gasteiger partial charge is 0.308 e. The van der Waals surface area contributed by atoms with Crippen LogP contribution in [0.3, 0.4) is 0 Å². The zero-order chi connectivity index (χ0) is 12.8. The van der Waals surface area contributed by atoms with Crippen molar-refractivity contribution in [3.8, 4) is 5.75 Å². The second kappa shape index (κ2) is 6.03. The van der Waals surface area contributed by atoms with Crippen molar-refractivity contribution >= 4 is 11.9 Å². The highest BCUT2D eigenvalue weighted by atomic mass is 16.5. The van der Waals surface area contributed by atoms with E-state index < -0.39 is 0 Å². The number of hydrogen-bond donors (Lipinski definition) is 1. The van der Waals surface area contributed by atoms with Crippen molar-refractivity contribution < 1.29 is 14.3 Å². The first kappa shape index (κ1) is 13.2. The van der Waals surface area contributed by atoms with Gasteiger partial charge >= 0.3 is 5.97 Å². The third-order valence-electron chi connectivity index (χ3n) is 2.18. The van der Waals surface area contributed by atoms with E-state index >= 15 is 0 Å². The number of benzene rings is 1. The number of amides is 1. The lowest BCUT2D eigenvalue weighted by Crippen LogP contribution is -2.31. The molecule has 0 fully saturated rings. The van der Waals surface area contributed by atoms with Crippen molar-refractivity contribution in [1.29, 1.82) is 0 Å². The number of hydrogen-bond acceptors (Lipinski definition) is 3. The highest BCUT2D eigenvalue weighted by Crippen LogP contribution is 2.13. The molecule has 0 spiro atoms. The van der Waals surface area contributed by atoms with Crippen LogP contribution in [0.25, 0.3) is 0 Å². The van der Waals surface area contributed by atoms with Crippen molar-refractivity contribution in [2.24, 2.45) is 0 Å². The molecule has 0 saturated carbocycles. The van der Waals surface area contributed by atoms with Gasteiger partial charge in [-0.1, -0.05) is 12.1 Å². The quantitative estimate of drug-likeness (QED) is 0.638. The molecule has 1 aromatic carbocycles. The Balaban J connectivity index is 2.56. The Bertz CT molecular complexity index is 398. The van der Waals surface area contributed by atoms with E-state index in [1.807, 2.05) is 19.1 Å². The fraction of sp³-hybridized carbons (Fsp3) is 0.385. The summed E-state index contributed by atoms with van der Waals surface area (Å²) in [6.07, 6.45) is 0.750. The van der Waals surface area contributed by atoms with Crippen LogP contribution in [0, 0.1) is 0 Å². The molecule has 92 valence electrons. The molecule has 1 N–H and O–H groups in total. The van der Waals surface area contributed by atoms with Gasteiger partial charge in [0, 0.05) is 19.9 Å². The molecule has 4 nitrogen and oxygen atoms in total. The standard InChI is InChI=1S/C13H17NO3/c1-9(14-10(2)15)8-12-4-6-13(7-5-12)17-11(3)16/h4-7,9H,8H2,1-3H3,(H,14,15)/t9-/m1/s1. The van der Waals surface area contributed by atoms with E-state index in [4.69, 9.17) is 4.74 Å². The Labute approximate surface area is 101 Å². The van der Waals surface area contributed by atoms with Crippen LogP contribution in [0.5, 0.6) is 5.75 Å². The van der Waals surface area contributed by atoms with E-state index in [-0.39, 0.29) is 17.9 Å². The Hall–Kier alpha value is -1.84. The average Bonchev–Trinajstić information content (AvgIpc) is 2.18. The maximum absolute atomic E-state index is 10.9. The summed E-state index contributed by atoms with van der Waals surface area (Å²) < 4.78 is 4.93. The molecule has 0 aliphatic carbocycles. The SMILES string of the molecule is CC(=O)N[C@H](C)Cc1ccc(OC(C)=O)cc1. The third kappa shape index (κ3) is 5.15. The summed E-state index contributed by atoms with van der Waals surface area (Å²) in [6, 6.07) is 7.36. The van der Waals surface area contributed by atoms with E-state index in [1.165, 1.54) is 13.8 Å². The van der Waals surface area contributed by atoms with E-state index in [1.54, 1.807) is 12.1 Å². The van der Waals surface area contributed by atoms with Crippen LogP contribution in [0.15, 0.2) is 24.3 Å².